The number of aromatic amines is 1. The van der Waals surface area contributed by atoms with Crippen LogP contribution in [-0.2, 0) is 4.74 Å². The highest BCUT2D eigenvalue weighted by Crippen LogP contribution is 2.22. The van der Waals surface area contributed by atoms with Crippen molar-refractivity contribution in [2.24, 2.45) is 0 Å². The number of hydrogen-bond donors (Lipinski definition) is 2. The number of halogens is 2. The molecule has 0 bridgehead atoms. The Labute approximate surface area is 137 Å². The van der Waals surface area contributed by atoms with E-state index in [9.17, 15) is 13.6 Å². The first-order valence-corrected chi connectivity index (χ1v) is 7.62. The van der Waals surface area contributed by atoms with E-state index in [2.05, 4.69) is 20.3 Å². The zero-order valence-corrected chi connectivity index (χ0v) is 12.8. The Hall–Kier alpha value is -2.48. The molecule has 128 valence electrons. The van der Waals surface area contributed by atoms with Crippen LogP contribution in [0, 0.1) is 0 Å². The maximum Gasteiger partial charge on any atom is 0.387 e. The molecule has 0 saturated carbocycles. The molecule has 2 aromatic rings. The molecule has 1 aromatic carbocycles. The van der Waals surface area contributed by atoms with E-state index in [0.717, 1.165) is 19.4 Å². The first kappa shape index (κ1) is 16.4. The summed E-state index contributed by atoms with van der Waals surface area (Å²) in [4.78, 5) is 12.1. The van der Waals surface area contributed by atoms with Crippen LogP contribution in [-0.4, -0.2) is 42.0 Å². The fraction of sp³-hybridized carbons (Fsp3) is 0.375. The van der Waals surface area contributed by atoms with E-state index in [1.807, 2.05) is 0 Å². The van der Waals surface area contributed by atoms with Gasteiger partial charge in [-0.1, -0.05) is 0 Å². The largest absolute Gasteiger partial charge is 0.435 e. The monoisotopic (exact) mass is 337 g/mol. The number of aromatic nitrogens is 2. The van der Waals surface area contributed by atoms with E-state index in [4.69, 9.17) is 4.74 Å². The lowest BCUT2D eigenvalue weighted by atomic mass is 10.1. The Bertz CT molecular complexity index is 682. The summed E-state index contributed by atoms with van der Waals surface area (Å²) in [5.74, 6) is -0.194. The van der Waals surface area contributed by atoms with Gasteiger partial charge in [-0.25, -0.2) is 0 Å². The topological polar surface area (TPSA) is 76.2 Å². The second kappa shape index (κ2) is 7.39. The Morgan fingerprint density at radius 3 is 2.88 bits per heavy atom. The molecule has 1 atom stereocenters. The SMILES string of the molecule is O=C(NC[C@H]1CCCO1)c1cc(-c2ccc(OC(F)F)cc2)n[nH]1. The minimum Gasteiger partial charge on any atom is -0.435 e. The molecule has 0 aliphatic carbocycles. The maximum absolute atomic E-state index is 12.1. The van der Waals surface area contributed by atoms with Crippen LogP contribution in [0.15, 0.2) is 30.3 Å². The molecule has 8 heteroatoms. The molecule has 1 fully saturated rings. The summed E-state index contributed by atoms with van der Waals surface area (Å²) in [6.45, 7) is -1.66. The fourth-order valence-electron chi connectivity index (χ4n) is 2.50. The molecule has 6 nitrogen and oxygen atoms in total. The van der Waals surface area contributed by atoms with Crippen LogP contribution in [0.1, 0.15) is 23.3 Å². The van der Waals surface area contributed by atoms with Gasteiger partial charge in [-0.3, -0.25) is 9.89 Å². The van der Waals surface area contributed by atoms with Crippen molar-refractivity contribution in [2.75, 3.05) is 13.2 Å². The molecule has 1 saturated heterocycles. The molecule has 2 heterocycles. The van der Waals surface area contributed by atoms with E-state index in [1.165, 1.54) is 12.1 Å². The predicted molar refractivity (Wildman–Crippen MR) is 82.0 cm³/mol. The summed E-state index contributed by atoms with van der Waals surface area (Å²) in [7, 11) is 0. The predicted octanol–water partition coefficient (Wildman–Crippen LogP) is 2.59. The van der Waals surface area contributed by atoms with Crippen LogP contribution in [0.4, 0.5) is 8.78 Å². The third-order valence-corrected chi connectivity index (χ3v) is 3.71. The fourth-order valence-corrected chi connectivity index (χ4v) is 2.50. The maximum atomic E-state index is 12.1. The summed E-state index contributed by atoms with van der Waals surface area (Å²) in [6.07, 6.45) is 2.03. The van der Waals surface area contributed by atoms with Crippen molar-refractivity contribution in [3.8, 4) is 17.0 Å². The van der Waals surface area contributed by atoms with Crippen LogP contribution in [0.3, 0.4) is 0 Å². The lowest BCUT2D eigenvalue weighted by Crippen LogP contribution is -2.31. The van der Waals surface area contributed by atoms with Gasteiger partial charge in [-0.2, -0.15) is 13.9 Å². The van der Waals surface area contributed by atoms with Gasteiger partial charge < -0.3 is 14.8 Å². The standard InChI is InChI=1S/C16H17F2N3O3/c17-16(18)24-11-5-3-10(4-6-11)13-8-14(21-20-13)15(22)19-9-12-2-1-7-23-12/h3-6,8,12,16H,1-2,7,9H2,(H,19,22)(H,20,21)/t12-/m1/s1. The van der Waals surface area contributed by atoms with Gasteiger partial charge in [0, 0.05) is 18.7 Å². The average Bonchev–Trinajstić information content (AvgIpc) is 3.24. The van der Waals surface area contributed by atoms with Gasteiger partial charge in [0.2, 0.25) is 0 Å². The smallest absolute Gasteiger partial charge is 0.387 e. The van der Waals surface area contributed by atoms with Gasteiger partial charge in [-0.05, 0) is 43.2 Å². The molecule has 24 heavy (non-hydrogen) atoms. The Morgan fingerprint density at radius 2 is 2.21 bits per heavy atom. The molecular weight excluding hydrogens is 320 g/mol. The van der Waals surface area contributed by atoms with Crippen LogP contribution in [0.25, 0.3) is 11.3 Å². The van der Waals surface area contributed by atoms with Gasteiger partial charge in [0.15, 0.2) is 0 Å². The minimum absolute atomic E-state index is 0.0683. The van der Waals surface area contributed by atoms with Crippen LogP contribution < -0.4 is 10.1 Å². The minimum atomic E-state index is -2.86. The number of amides is 1. The molecule has 0 unspecified atom stereocenters. The molecule has 1 aliphatic heterocycles. The number of benzene rings is 1. The number of carbonyl (C=O) groups is 1. The third-order valence-electron chi connectivity index (χ3n) is 3.71. The van der Waals surface area contributed by atoms with Gasteiger partial charge in [0.25, 0.3) is 5.91 Å². The normalized spacial score (nSPS) is 17.2. The summed E-state index contributed by atoms with van der Waals surface area (Å²) in [6, 6.07) is 7.65. The molecule has 0 radical (unpaired) electrons. The Morgan fingerprint density at radius 1 is 1.42 bits per heavy atom. The molecule has 1 amide bonds. The lowest BCUT2D eigenvalue weighted by Gasteiger charge is -2.09. The zero-order chi connectivity index (χ0) is 16.9. The molecule has 1 aromatic heterocycles. The van der Waals surface area contributed by atoms with Gasteiger partial charge in [0.05, 0.1) is 11.8 Å². The second-order valence-corrected chi connectivity index (χ2v) is 5.41. The van der Waals surface area contributed by atoms with E-state index in [0.29, 0.717) is 23.5 Å². The van der Waals surface area contributed by atoms with Crippen LogP contribution in [0.5, 0.6) is 5.75 Å². The molecule has 1 aliphatic rings. The summed E-state index contributed by atoms with van der Waals surface area (Å²) in [5.41, 5.74) is 1.56. The Balaban J connectivity index is 1.60. The summed E-state index contributed by atoms with van der Waals surface area (Å²) < 4.78 is 34.0. The van der Waals surface area contributed by atoms with Crippen molar-refractivity contribution in [3.63, 3.8) is 0 Å². The number of rotatable bonds is 6. The number of H-pyrrole nitrogens is 1. The summed E-state index contributed by atoms with van der Waals surface area (Å²) >= 11 is 0. The number of carbonyl (C=O) groups excluding carboxylic acids is 1. The quantitative estimate of drug-likeness (QED) is 0.849. The molecule has 3 rings (SSSR count). The van der Waals surface area contributed by atoms with E-state index in [-0.39, 0.29) is 17.8 Å². The highest BCUT2D eigenvalue weighted by Gasteiger charge is 2.17. The van der Waals surface area contributed by atoms with Crippen molar-refractivity contribution in [2.45, 2.75) is 25.6 Å². The molecular formula is C16H17F2N3O3. The van der Waals surface area contributed by atoms with Gasteiger partial charge in [0.1, 0.15) is 11.4 Å². The Kier molecular flexibility index (Phi) is 5.05. The van der Waals surface area contributed by atoms with Crippen molar-refractivity contribution >= 4 is 5.91 Å². The highest BCUT2D eigenvalue weighted by atomic mass is 19.3. The molecule has 0 spiro atoms. The number of alkyl halides is 2. The van der Waals surface area contributed by atoms with Crippen molar-refractivity contribution in [3.05, 3.63) is 36.0 Å². The average molecular weight is 337 g/mol. The van der Waals surface area contributed by atoms with E-state index in [1.54, 1.807) is 18.2 Å². The molecule has 2 N–H and O–H groups in total. The van der Waals surface area contributed by atoms with Gasteiger partial charge >= 0.3 is 6.61 Å². The van der Waals surface area contributed by atoms with Gasteiger partial charge in [-0.15, -0.1) is 0 Å². The number of hydrogen-bond acceptors (Lipinski definition) is 4. The zero-order valence-electron chi connectivity index (χ0n) is 12.8. The number of ether oxygens (including phenoxy) is 2. The van der Waals surface area contributed by atoms with E-state index < -0.39 is 6.61 Å². The summed E-state index contributed by atoms with van der Waals surface area (Å²) in [5, 5.41) is 9.54. The van der Waals surface area contributed by atoms with E-state index >= 15 is 0 Å². The number of nitrogens with one attached hydrogen (secondary N) is 2. The van der Waals surface area contributed by atoms with Crippen LogP contribution >= 0.6 is 0 Å². The van der Waals surface area contributed by atoms with Crippen molar-refractivity contribution in [1.29, 1.82) is 0 Å². The highest BCUT2D eigenvalue weighted by molar-refractivity contribution is 5.93. The number of nitrogens with zero attached hydrogens (tertiary/aromatic N) is 1. The van der Waals surface area contributed by atoms with Crippen molar-refractivity contribution in [1.82, 2.24) is 15.5 Å². The second-order valence-electron chi connectivity index (χ2n) is 5.41. The lowest BCUT2D eigenvalue weighted by molar-refractivity contribution is -0.0498. The first-order chi connectivity index (χ1) is 11.6. The third kappa shape index (κ3) is 4.08. The van der Waals surface area contributed by atoms with Crippen LogP contribution in [0.2, 0.25) is 0 Å². The first-order valence-electron chi connectivity index (χ1n) is 7.62. The van der Waals surface area contributed by atoms with Crippen molar-refractivity contribution < 1.29 is 23.0 Å².